The van der Waals surface area contributed by atoms with Gasteiger partial charge in [-0.15, -0.1) is 33.7 Å². The van der Waals surface area contributed by atoms with Gasteiger partial charge in [-0.25, -0.2) is 0 Å². The Morgan fingerprint density at radius 2 is 1.44 bits per heavy atom. The number of benzene rings is 3. The Hall–Kier alpha value is -2.89. The number of hydrogen-bond donors (Lipinski definition) is 0. The van der Waals surface area contributed by atoms with Crippen molar-refractivity contribution in [3.63, 3.8) is 0 Å². The van der Waals surface area contributed by atoms with E-state index in [2.05, 4.69) is 171 Å². The van der Waals surface area contributed by atoms with E-state index in [0.717, 1.165) is 6.42 Å². The minimum atomic E-state index is -0.00835. The van der Waals surface area contributed by atoms with Gasteiger partial charge in [-0.1, -0.05) is 115 Å². The Bertz CT molecular complexity index is 1720. The first-order chi connectivity index (χ1) is 20.3. The first-order valence-corrected chi connectivity index (χ1v) is 16.9. The summed E-state index contributed by atoms with van der Waals surface area (Å²) in [5.74, 6) is 0.500. The molecule has 0 spiro atoms. The Labute approximate surface area is 274 Å². The Morgan fingerprint density at radius 1 is 0.837 bits per heavy atom. The molecule has 3 aromatic rings. The van der Waals surface area contributed by atoms with Crippen molar-refractivity contribution < 1.29 is 24.2 Å². The van der Waals surface area contributed by atoms with Gasteiger partial charge in [0.05, 0.1) is 0 Å². The van der Waals surface area contributed by atoms with Gasteiger partial charge in [-0.3, -0.25) is 0 Å². The molecule has 3 aromatic carbocycles. The molecule has 0 nitrogen and oxygen atoms in total. The molecule has 6 rings (SSSR count). The molecule has 1 atom stereocenters. The normalized spacial score (nSPS) is 19.0. The number of rotatable bonds is 4. The molecule has 0 aliphatic heterocycles. The summed E-state index contributed by atoms with van der Waals surface area (Å²) in [6.45, 7) is 18.8. The zero-order valence-corrected chi connectivity index (χ0v) is 29.6. The van der Waals surface area contributed by atoms with Crippen molar-refractivity contribution in [3.05, 3.63) is 153 Å². The topological polar surface area (TPSA) is 0 Å². The SMILES string of the molecule is CC(C)C1(C(C)(C)C)C=CC2=c3ccc(C(C)(C)C)cc3=[C-]C2=C1C1=CC=CC1.[Zr]=[C](c1ccccc1)c1ccccc1. The summed E-state index contributed by atoms with van der Waals surface area (Å²) in [7, 11) is 0. The van der Waals surface area contributed by atoms with Gasteiger partial charge >= 0.3 is 99.2 Å². The van der Waals surface area contributed by atoms with Crippen LogP contribution in [0.15, 0.2) is 126 Å². The van der Waals surface area contributed by atoms with Crippen LogP contribution in [0, 0.1) is 16.7 Å². The van der Waals surface area contributed by atoms with Crippen molar-refractivity contribution in [2.45, 2.75) is 67.2 Å². The van der Waals surface area contributed by atoms with E-state index in [1.165, 1.54) is 76.9 Å². The number of fused-ring (bicyclic) bond motifs is 2. The summed E-state index contributed by atoms with van der Waals surface area (Å²) in [6.07, 6.45) is 16.6. The van der Waals surface area contributed by atoms with E-state index < -0.39 is 0 Å². The summed E-state index contributed by atoms with van der Waals surface area (Å²) in [4.78, 5) is 0. The fraction of sp³-hybridized carbons (Fsp3) is 0.310. The van der Waals surface area contributed by atoms with Crippen LogP contribution in [0.3, 0.4) is 0 Å². The molecule has 1 heteroatoms. The maximum absolute atomic E-state index is 3.88. The van der Waals surface area contributed by atoms with Crippen molar-refractivity contribution in [1.82, 2.24) is 0 Å². The van der Waals surface area contributed by atoms with Gasteiger partial charge in [0, 0.05) is 0 Å². The summed E-state index contributed by atoms with van der Waals surface area (Å²) in [6, 6.07) is 28.1. The predicted octanol–water partition coefficient (Wildman–Crippen LogP) is 9.05. The standard InChI is InChI=1S/C29H35.C13H10.Zr/c1-19(2)29(28(6,7)8)16-15-24-23-14-13-22(27(3,4)5)17-21(23)18-25(24)26(29)20-11-9-10-12-20;1-3-7-12(8-4-1)11-13-9-5-2-6-10-13;/h9-11,13-17,19H,12H2,1-8H3;1-10H;/q-1;;. The van der Waals surface area contributed by atoms with E-state index in [-0.39, 0.29) is 16.2 Å². The molecule has 43 heavy (non-hydrogen) atoms. The van der Waals surface area contributed by atoms with Gasteiger partial charge in [0.15, 0.2) is 0 Å². The summed E-state index contributed by atoms with van der Waals surface area (Å²) in [5, 5.41) is 2.59. The first kappa shape index (κ1) is 31.5. The molecule has 0 saturated carbocycles. The molecule has 0 saturated heterocycles. The third kappa shape index (κ3) is 6.08. The van der Waals surface area contributed by atoms with Crippen molar-refractivity contribution in [2.24, 2.45) is 16.7 Å². The third-order valence-electron chi connectivity index (χ3n) is 9.25. The van der Waals surface area contributed by atoms with Crippen LogP contribution >= 0.6 is 0 Å². The first-order valence-electron chi connectivity index (χ1n) is 15.6. The average molecular weight is 641 g/mol. The average Bonchev–Trinajstić information content (AvgIpc) is 3.64. The second-order valence-electron chi connectivity index (χ2n) is 14.3. The van der Waals surface area contributed by atoms with Crippen LogP contribution in [0.1, 0.15) is 78.5 Å². The van der Waals surface area contributed by atoms with E-state index in [1.807, 2.05) is 0 Å². The molecule has 3 aliphatic carbocycles. The predicted molar refractivity (Wildman–Crippen MR) is 182 cm³/mol. The molecule has 0 fully saturated rings. The van der Waals surface area contributed by atoms with Crippen molar-refractivity contribution in [3.8, 4) is 0 Å². The van der Waals surface area contributed by atoms with Gasteiger partial charge in [0.1, 0.15) is 0 Å². The molecule has 0 N–H and O–H groups in total. The molecule has 0 amide bonds. The molecule has 0 aromatic heterocycles. The van der Waals surface area contributed by atoms with Crippen molar-refractivity contribution in [1.29, 1.82) is 0 Å². The molecule has 0 heterocycles. The molecular formula is C42H45Zr-. The van der Waals surface area contributed by atoms with E-state index >= 15 is 0 Å². The maximum atomic E-state index is 3.88. The van der Waals surface area contributed by atoms with E-state index in [4.69, 9.17) is 0 Å². The number of hydrogen-bond acceptors (Lipinski definition) is 0. The van der Waals surface area contributed by atoms with Crippen LogP contribution in [0.25, 0.3) is 11.6 Å². The molecular weight excluding hydrogens is 596 g/mol. The molecule has 0 bridgehead atoms. The van der Waals surface area contributed by atoms with Crippen molar-refractivity contribution >= 4 is 14.9 Å². The molecule has 3 aliphatic rings. The van der Waals surface area contributed by atoms with Crippen LogP contribution in [-0.2, 0) is 29.7 Å². The van der Waals surface area contributed by atoms with Gasteiger partial charge < -0.3 is 0 Å². The summed E-state index contributed by atoms with van der Waals surface area (Å²) >= 11 is 1.46. The quantitative estimate of drug-likeness (QED) is 0.250. The molecule has 1 unspecified atom stereocenters. The van der Waals surface area contributed by atoms with Gasteiger partial charge in [-0.05, 0) is 28.6 Å². The van der Waals surface area contributed by atoms with Gasteiger partial charge in [0.2, 0.25) is 0 Å². The monoisotopic (exact) mass is 639 g/mol. The Morgan fingerprint density at radius 3 is 1.93 bits per heavy atom. The molecule has 0 radical (unpaired) electrons. The van der Waals surface area contributed by atoms with E-state index in [0.29, 0.717) is 5.92 Å². The third-order valence-corrected chi connectivity index (χ3v) is 10.7. The Balaban J connectivity index is 0.000000220. The molecule has 218 valence electrons. The Kier molecular flexibility index (Phi) is 8.98. The van der Waals surface area contributed by atoms with Crippen LogP contribution in [0.2, 0.25) is 0 Å². The zero-order valence-electron chi connectivity index (χ0n) is 27.2. The fourth-order valence-corrected chi connectivity index (χ4v) is 7.79. The van der Waals surface area contributed by atoms with E-state index in [1.54, 1.807) is 0 Å². The van der Waals surface area contributed by atoms with Crippen LogP contribution < -0.4 is 10.4 Å². The van der Waals surface area contributed by atoms with Crippen molar-refractivity contribution in [2.75, 3.05) is 0 Å². The second-order valence-corrected chi connectivity index (χ2v) is 15.6. The second kappa shape index (κ2) is 12.2. The van der Waals surface area contributed by atoms with E-state index in [9.17, 15) is 0 Å². The summed E-state index contributed by atoms with van der Waals surface area (Å²) in [5.41, 5.74) is 9.92. The van der Waals surface area contributed by atoms with Gasteiger partial charge in [-0.2, -0.15) is 0 Å². The number of allylic oxidation sites excluding steroid dienone is 8. The zero-order chi connectivity index (χ0) is 31.0. The van der Waals surface area contributed by atoms with Crippen LogP contribution in [0.5, 0.6) is 0 Å². The minimum absolute atomic E-state index is 0.00835. The fourth-order valence-electron chi connectivity index (χ4n) is 6.97. The summed E-state index contributed by atoms with van der Waals surface area (Å²) < 4.78 is 1.42. The van der Waals surface area contributed by atoms with Gasteiger partial charge in [0.25, 0.3) is 0 Å². The van der Waals surface area contributed by atoms with Crippen LogP contribution in [0.4, 0.5) is 0 Å². The van der Waals surface area contributed by atoms with Crippen LogP contribution in [-0.4, -0.2) is 3.21 Å².